The highest BCUT2D eigenvalue weighted by Crippen LogP contribution is 2.48. The first-order chi connectivity index (χ1) is 13.7. The second-order valence-corrected chi connectivity index (χ2v) is 7.37. The maximum atomic E-state index is 13.7. The smallest absolute Gasteiger partial charge is 0.187 e. The summed E-state index contributed by atoms with van der Waals surface area (Å²) in [5.74, 6) is -0.0878. The van der Waals surface area contributed by atoms with E-state index in [-0.39, 0.29) is 30.7 Å². The number of aromatic nitrogens is 4. The lowest BCUT2D eigenvalue weighted by Crippen LogP contribution is -1.96. The fourth-order valence-corrected chi connectivity index (χ4v) is 4.00. The quantitative estimate of drug-likeness (QED) is 0.527. The lowest BCUT2D eigenvalue weighted by Gasteiger charge is -2.09. The Balaban J connectivity index is 1.77. The van der Waals surface area contributed by atoms with Gasteiger partial charge in [0.25, 0.3) is 0 Å². The lowest BCUT2D eigenvalue weighted by molar-refractivity contribution is 0.276. The number of benzene rings is 1. The second kappa shape index (κ2) is 6.72. The summed E-state index contributed by atoms with van der Waals surface area (Å²) in [6.07, 6.45) is 5.48. The predicted octanol–water partition coefficient (Wildman–Crippen LogP) is 4.75. The molecule has 3 aromatic heterocycles. The van der Waals surface area contributed by atoms with Gasteiger partial charge >= 0.3 is 0 Å². The van der Waals surface area contributed by atoms with Crippen molar-refractivity contribution >= 4 is 18.0 Å². The molecule has 5 rings (SSSR count). The average molecular weight is 398 g/mol. The molecule has 8 heteroatoms. The van der Waals surface area contributed by atoms with Gasteiger partial charge in [0.1, 0.15) is 17.2 Å². The van der Waals surface area contributed by atoms with Crippen LogP contribution in [0.1, 0.15) is 30.1 Å². The van der Waals surface area contributed by atoms with Crippen LogP contribution >= 0.6 is 12.3 Å². The zero-order valence-corrected chi connectivity index (χ0v) is 15.5. The molecule has 0 atom stereocenters. The summed E-state index contributed by atoms with van der Waals surface area (Å²) in [4.78, 5) is 4.28. The van der Waals surface area contributed by atoms with Gasteiger partial charge in [-0.1, -0.05) is 0 Å². The molecular weight excluding hydrogens is 382 g/mol. The Kier molecular flexibility index (Phi) is 4.17. The normalized spacial score (nSPS) is 14.1. The van der Waals surface area contributed by atoms with Crippen molar-refractivity contribution in [2.45, 2.75) is 25.4 Å². The summed E-state index contributed by atoms with van der Waals surface area (Å²) < 4.78 is 30.3. The van der Waals surface area contributed by atoms with Crippen LogP contribution in [0.25, 0.3) is 28.0 Å². The highest BCUT2D eigenvalue weighted by Gasteiger charge is 2.34. The van der Waals surface area contributed by atoms with E-state index in [2.05, 4.69) is 10.1 Å². The zero-order valence-electron chi connectivity index (χ0n) is 14.7. The van der Waals surface area contributed by atoms with E-state index < -0.39 is 0 Å². The summed E-state index contributed by atoms with van der Waals surface area (Å²) in [5.41, 5.74) is 5.23. The van der Waals surface area contributed by atoms with E-state index in [1.165, 1.54) is 16.2 Å². The first-order valence-electron chi connectivity index (χ1n) is 8.94. The molecule has 0 amide bonds. The number of hydrogen-bond donors (Lipinski definition) is 1. The fourth-order valence-electron chi connectivity index (χ4n) is 3.57. The molecule has 28 heavy (non-hydrogen) atoms. The van der Waals surface area contributed by atoms with Crippen LogP contribution in [0.5, 0.6) is 0 Å². The molecule has 1 aliphatic carbocycles. The molecule has 1 saturated carbocycles. The molecule has 0 unspecified atom stereocenters. The molecule has 0 radical (unpaired) electrons. The molecule has 5 nitrogen and oxygen atoms in total. The van der Waals surface area contributed by atoms with Gasteiger partial charge in [-0.15, -0.1) is 3.89 Å². The van der Waals surface area contributed by atoms with Gasteiger partial charge in [0.15, 0.2) is 12.3 Å². The maximum absolute atomic E-state index is 13.7. The average Bonchev–Trinajstić information content (AvgIpc) is 3.36. The van der Waals surface area contributed by atoms with Gasteiger partial charge in [0.2, 0.25) is 0 Å². The molecule has 1 fully saturated rings. The first-order valence-corrected chi connectivity index (χ1v) is 9.62. The van der Waals surface area contributed by atoms with E-state index in [0.29, 0.717) is 11.4 Å². The standard InChI is InChI=1S/C20H16F2N4OS/c21-15-6-3-12(4-7-15)19-18(20(13-1-2-13)26(24-19)28-22)14-5-8-17-23-9-16(11-27)25(17)10-14/h3-10,13,27H,1-2,11H2. The molecule has 0 bridgehead atoms. The van der Waals surface area contributed by atoms with Crippen LogP contribution in [0, 0.1) is 5.82 Å². The predicted molar refractivity (Wildman–Crippen MR) is 104 cm³/mol. The van der Waals surface area contributed by atoms with Gasteiger partial charge < -0.3 is 9.51 Å². The summed E-state index contributed by atoms with van der Waals surface area (Å²) in [6, 6.07) is 9.84. The maximum Gasteiger partial charge on any atom is 0.187 e. The van der Waals surface area contributed by atoms with Crippen LogP contribution in [-0.4, -0.2) is 23.7 Å². The minimum absolute atomic E-state index is 0.0765. The van der Waals surface area contributed by atoms with Gasteiger partial charge in [0.05, 0.1) is 24.2 Å². The Morgan fingerprint density at radius 3 is 2.54 bits per heavy atom. The van der Waals surface area contributed by atoms with E-state index in [9.17, 15) is 13.4 Å². The number of hydrogen-bond acceptors (Lipinski definition) is 4. The van der Waals surface area contributed by atoms with Crippen molar-refractivity contribution in [3.05, 3.63) is 66.0 Å². The molecule has 0 spiro atoms. The minimum Gasteiger partial charge on any atom is -0.390 e. The van der Waals surface area contributed by atoms with Crippen LogP contribution in [0.4, 0.5) is 8.28 Å². The number of pyridine rings is 1. The van der Waals surface area contributed by atoms with Crippen molar-refractivity contribution in [2.24, 2.45) is 0 Å². The third-order valence-corrected chi connectivity index (χ3v) is 5.48. The lowest BCUT2D eigenvalue weighted by atomic mass is 9.98. The molecular formula is C20H16F2N4OS. The van der Waals surface area contributed by atoms with Gasteiger partial charge in [-0.2, -0.15) is 9.19 Å². The summed E-state index contributed by atoms with van der Waals surface area (Å²) in [5, 5.41) is 14.1. The number of nitrogens with zero attached hydrogens (tertiary/aromatic N) is 4. The molecule has 1 N–H and O–H groups in total. The van der Waals surface area contributed by atoms with Crippen molar-refractivity contribution in [3.8, 4) is 22.4 Å². The number of fused-ring (bicyclic) bond motifs is 1. The molecule has 0 aliphatic heterocycles. The summed E-state index contributed by atoms with van der Waals surface area (Å²) >= 11 is 0.0765. The Labute approximate surface area is 164 Å². The zero-order chi connectivity index (χ0) is 19.3. The molecule has 3 heterocycles. The first kappa shape index (κ1) is 17.4. The third-order valence-electron chi connectivity index (χ3n) is 5.07. The Morgan fingerprint density at radius 2 is 1.86 bits per heavy atom. The molecule has 1 aromatic carbocycles. The van der Waals surface area contributed by atoms with Crippen LogP contribution in [0.3, 0.4) is 0 Å². The third kappa shape index (κ3) is 2.80. The molecule has 1 aliphatic rings. The van der Waals surface area contributed by atoms with E-state index >= 15 is 0 Å². The van der Waals surface area contributed by atoms with Crippen molar-refractivity contribution in [1.82, 2.24) is 18.6 Å². The van der Waals surface area contributed by atoms with Gasteiger partial charge in [-0.05, 0) is 49.2 Å². The SMILES string of the molecule is OCc1cnc2ccc(-c3c(-c4ccc(F)cc4)nn(SF)c3C3CC3)cn12. The van der Waals surface area contributed by atoms with Crippen LogP contribution in [-0.2, 0) is 6.61 Å². The van der Waals surface area contributed by atoms with Crippen molar-refractivity contribution in [2.75, 3.05) is 0 Å². The monoisotopic (exact) mass is 398 g/mol. The number of imidazole rings is 1. The molecule has 0 saturated heterocycles. The minimum atomic E-state index is -0.334. The number of aliphatic hydroxyl groups is 1. The van der Waals surface area contributed by atoms with Crippen LogP contribution in [0.2, 0.25) is 0 Å². The highest BCUT2D eigenvalue weighted by molar-refractivity contribution is 7.92. The number of aliphatic hydroxyl groups excluding tert-OH is 1. The molecule has 142 valence electrons. The van der Waals surface area contributed by atoms with E-state index in [0.717, 1.165) is 40.9 Å². The number of halogens is 2. The summed E-state index contributed by atoms with van der Waals surface area (Å²) in [6.45, 7) is -0.134. The highest BCUT2D eigenvalue weighted by atomic mass is 32.2. The Bertz CT molecular complexity index is 1170. The topological polar surface area (TPSA) is 55.4 Å². The van der Waals surface area contributed by atoms with E-state index in [1.54, 1.807) is 18.3 Å². The fraction of sp³-hybridized carbons (Fsp3) is 0.200. The van der Waals surface area contributed by atoms with Crippen molar-refractivity contribution < 1.29 is 13.4 Å². The van der Waals surface area contributed by atoms with E-state index in [4.69, 9.17) is 0 Å². The second-order valence-electron chi connectivity index (χ2n) is 6.89. The van der Waals surface area contributed by atoms with Crippen molar-refractivity contribution in [3.63, 3.8) is 0 Å². The molecule has 4 aromatic rings. The Morgan fingerprint density at radius 1 is 1.11 bits per heavy atom. The van der Waals surface area contributed by atoms with Crippen LogP contribution < -0.4 is 0 Å². The van der Waals surface area contributed by atoms with Gasteiger partial charge in [-0.3, -0.25) is 0 Å². The number of rotatable bonds is 5. The Hall–Kier alpha value is -2.71. The largest absolute Gasteiger partial charge is 0.390 e. The van der Waals surface area contributed by atoms with Crippen molar-refractivity contribution in [1.29, 1.82) is 0 Å². The van der Waals surface area contributed by atoms with Gasteiger partial charge in [-0.25, -0.2) is 9.37 Å². The van der Waals surface area contributed by atoms with E-state index in [1.807, 2.05) is 22.7 Å². The summed E-state index contributed by atoms with van der Waals surface area (Å²) in [7, 11) is 0. The van der Waals surface area contributed by atoms with Gasteiger partial charge in [0, 0.05) is 28.8 Å². The van der Waals surface area contributed by atoms with Crippen LogP contribution in [0.15, 0.2) is 48.8 Å².